The molecule has 0 bridgehead atoms. The summed E-state index contributed by atoms with van der Waals surface area (Å²) in [5.41, 5.74) is 1.74. The molecule has 0 amide bonds. The van der Waals surface area contributed by atoms with Crippen molar-refractivity contribution in [1.82, 2.24) is 0 Å². The van der Waals surface area contributed by atoms with Crippen LogP contribution in [0.2, 0.25) is 0 Å². The van der Waals surface area contributed by atoms with Gasteiger partial charge in [-0.25, -0.2) is 0 Å². The van der Waals surface area contributed by atoms with Crippen molar-refractivity contribution in [3.8, 4) is 0 Å². The minimum Gasteiger partial charge on any atom is -0.266 e. The maximum atomic E-state index is 3.53. The Morgan fingerprint density at radius 2 is 2.43 bits per heavy atom. The largest absolute Gasteiger partial charge is 0.266 e. The van der Waals surface area contributed by atoms with Crippen molar-refractivity contribution >= 4 is 23.6 Å². The van der Waals surface area contributed by atoms with Crippen molar-refractivity contribution in [2.75, 3.05) is 0 Å². The molecule has 7 heavy (non-hydrogen) atoms. The maximum absolute atomic E-state index is 3.53. The predicted octanol–water partition coefficient (Wildman–Crippen LogP) is 1.45. The van der Waals surface area contributed by atoms with Gasteiger partial charge in [0, 0.05) is 0 Å². The lowest BCUT2D eigenvalue weighted by molar-refractivity contribution is 1.79. The van der Waals surface area contributed by atoms with Gasteiger partial charge in [-0.15, -0.1) is 0 Å². The number of aliphatic imine (C=N–C) groups is 1. The molecule has 0 heterocycles. The lowest BCUT2D eigenvalue weighted by atomic mass is 10.8. The standard InChI is InChI=1S/C5H9NS/c1-3-4-7-5-6-2/h3-5,7H,2H2,1H3/b4-3-. The Bertz CT molecular complexity index is 94.3. The molecule has 0 rings (SSSR count). The van der Waals surface area contributed by atoms with Crippen molar-refractivity contribution in [1.29, 1.82) is 0 Å². The SMILES string of the molecule is C=N/C=[SH]\C=C/C. The predicted molar refractivity (Wildman–Crippen MR) is 39.4 cm³/mol. The van der Waals surface area contributed by atoms with E-state index in [4.69, 9.17) is 0 Å². The van der Waals surface area contributed by atoms with Gasteiger partial charge in [-0.3, -0.25) is 4.99 Å². The molecule has 0 aliphatic carbocycles. The zero-order chi connectivity index (χ0) is 5.54. The van der Waals surface area contributed by atoms with E-state index in [1.807, 2.05) is 18.4 Å². The zero-order valence-corrected chi connectivity index (χ0v) is 5.23. The van der Waals surface area contributed by atoms with E-state index in [9.17, 15) is 0 Å². The molecule has 0 aromatic carbocycles. The van der Waals surface area contributed by atoms with Crippen LogP contribution >= 0.6 is 11.4 Å². The number of hydrogen-bond acceptors (Lipinski definition) is 0. The van der Waals surface area contributed by atoms with Crippen LogP contribution in [0.1, 0.15) is 6.92 Å². The zero-order valence-electron chi connectivity index (χ0n) is 4.33. The van der Waals surface area contributed by atoms with Crippen LogP contribution in [0.3, 0.4) is 0 Å². The van der Waals surface area contributed by atoms with Crippen LogP contribution in [0.5, 0.6) is 0 Å². The second kappa shape index (κ2) is 5.63. The topological polar surface area (TPSA) is 12.4 Å². The summed E-state index contributed by atoms with van der Waals surface area (Å²) >= 11 is 1.11. The van der Waals surface area contributed by atoms with E-state index in [-0.39, 0.29) is 0 Å². The van der Waals surface area contributed by atoms with Crippen molar-refractivity contribution in [3.05, 3.63) is 11.5 Å². The van der Waals surface area contributed by atoms with Crippen LogP contribution in [-0.4, -0.2) is 12.2 Å². The van der Waals surface area contributed by atoms with Crippen LogP contribution < -0.4 is 0 Å². The summed E-state index contributed by atoms with van der Waals surface area (Å²) in [4.78, 5) is 3.53. The number of nitrogens with zero attached hydrogens (tertiary/aromatic N) is 1. The molecule has 0 unspecified atom stereocenters. The third-order valence-corrected chi connectivity index (χ3v) is 1.15. The van der Waals surface area contributed by atoms with E-state index in [2.05, 4.69) is 11.7 Å². The Balaban J connectivity index is 3.27. The molecule has 40 valence electrons. The van der Waals surface area contributed by atoms with Gasteiger partial charge < -0.3 is 0 Å². The summed E-state index contributed by atoms with van der Waals surface area (Å²) in [5, 5.41) is 1.99. The Labute approximate surface area is 47.7 Å². The minimum absolute atomic E-state index is 1.11. The third-order valence-electron chi connectivity index (χ3n) is 0.383. The first-order valence-electron chi connectivity index (χ1n) is 2.00. The third kappa shape index (κ3) is 5.63. The average molecular weight is 115 g/mol. The second-order valence-corrected chi connectivity index (χ2v) is 1.76. The van der Waals surface area contributed by atoms with E-state index < -0.39 is 0 Å². The summed E-state index contributed by atoms with van der Waals surface area (Å²) in [7, 11) is 0. The van der Waals surface area contributed by atoms with Gasteiger partial charge in [0.15, 0.2) is 0 Å². The molecule has 0 saturated carbocycles. The van der Waals surface area contributed by atoms with Crippen LogP contribution in [-0.2, 0) is 0 Å². The minimum atomic E-state index is 1.11. The molecule has 0 aromatic heterocycles. The fourth-order valence-corrected chi connectivity index (χ4v) is 0.515. The van der Waals surface area contributed by atoms with Crippen LogP contribution in [0, 0.1) is 0 Å². The summed E-state index contributed by atoms with van der Waals surface area (Å²) in [6.07, 6.45) is 1.98. The molecule has 0 atom stereocenters. The van der Waals surface area contributed by atoms with E-state index >= 15 is 0 Å². The monoisotopic (exact) mass is 115 g/mol. The van der Waals surface area contributed by atoms with Gasteiger partial charge in [-0.2, -0.15) is 11.4 Å². The average Bonchev–Trinajstić information content (AvgIpc) is 1.69. The van der Waals surface area contributed by atoms with E-state index in [1.165, 1.54) is 0 Å². The highest BCUT2D eigenvalue weighted by Gasteiger charge is 1.50. The molecule has 0 radical (unpaired) electrons. The van der Waals surface area contributed by atoms with Gasteiger partial charge in [-0.1, -0.05) is 6.08 Å². The molecule has 0 spiro atoms. The molecule has 0 aliphatic heterocycles. The fourth-order valence-electron chi connectivity index (χ4n) is 0.172. The second-order valence-electron chi connectivity index (χ2n) is 0.930. The van der Waals surface area contributed by atoms with Crippen molar-refractivity contribution < 1.29 is 0 Å². The Kier molecular flexibility index (Phi) is 5.33. The van der Waals surface area contributed by atoms with Gasteiger partial charge in [-0.05, 0) is 19.0 Å². The maximum Gasteiger partial charge on any atom is 0.0507 e. The number of thiol groups is 1. The number of allylic oxidation sites excluding steroid dienone is 1. The van der Waals surface area contributed by atoms with Crippen LogP contribution in [0.4, 0.5) is 0 Å². The van der Waals surface area contributed by atoms with Crippen LogP contribution in [0.15, 0.2) is 16.5 Å². The fraction of sp³-hybridized carbons (Fsp3) is 0.200. The van der Waals surface area contributed by atoms with Crippen molar-refractivity contribution in [2.45, 2.75) is 6.92 Å². The van der Waals surface area contributed by atoms with Gasteiger partial charge in [0.05, 0.1) is 5.49 Å². The normalized spacial score (nSPS) is 12.1. The highest BCUT2D eigenvalue weighted by molar-refractivity contribution is 8.00. The lowest BCUT2D eigenvalue weighted by Crippen LogP contribution is -1.48. The molecule has 1 nitrogen and oxygen atoms in total. The van der Waals surface area contributed by atoms with E-state index in [1.54, 1.807) is 5.49 Å². The molecular formula is C5H9NS. The highest BCUT2D eigenvalue weighted by Crippen LogP contribution is 1.83. The molecular weight excluding hydrogens is 106 g/mol. The first kappa shape index (κ1) is 6.63. The Morgan fingerprint density at radius 3 is 2.86 bits per heavy atom. The van der Waals surface area contributed by atoms with Crippen molar-refractivity contribution in [2.24, 2.45) is 4.99 Å². The molecule has 0 aromatic rings. The molecule has 0 fully saturated rings. The quantitative estimate of drug-likeness (QED) is 0.318. The summed E-state index contributed by atoms with van der Waals surface area (Å²) in [6.45, 7) is 5.26. The number of rotatable bonds is 2. The first-order valence-corrected chi connectivity index (χ1v) is 3.03. The van der Waals surface area contributed by atoms with Gasteiger partial charge in [0.2, 0.25) is 0 Å². The molecule has 0 N–H and O–H groups in total. The summed E-state index contributed by atoms with van der Waals surface area (Å²) < 4.78 is 0. The molecule has 0 saturated heterocycles. The van der Waals surface area contributed by atoms with Crippen LogP contribution in [0.25, 0.3) is 0 Å². The molecule has 2 heteroatoms. The smallest absolute Gasteiger partial charge is 0.0507 e. The first-order chi connectivity index (χ1) is 3.41. The van der Waals surface area contributed by atoms with Crippen molar-refractivity contribution in [3.63, 3.8) is 0 Å². The van der Waals surface area contributed by atoms with E-state index in [0.717, 1.165) is 11.4 Å². The lowest BCUT2D eigenvalue weighted by Gasteiger charge is -1.67. The Morgan fingerprint density at radius 1 is 1.71 bits per heavy atom. The summed E-state index contributed by atoms with van der Waals surface area (Å²) in [6, 6.07) is 0. The van der Waals surface area contributed by atoms with Gasteiger partial charge >= 0.3 is 0 Å². The molecule has 0 aliphatic rings. The van der Waals surface area contributed by atoms with Gasteiger partial charge in [0.25, 0.3) is 0 Å². The summed E-state index contributed by atoms with van der Waals surface area (Å²) in [5.74, 6) is 0. The Hall–Kier alpha value is -0.370. The van der Waals surface area contributed by atoms with Gasteiger partial charge in [0.1, 0.15) is 0 Å². The van der Waals surface area contributed by atoms with E-state index in [0.29, 0.717) is 0 Å². The highest BCUT2D eigenvalue weighted by atomic mass is 32.1. The number of hydrogen-bond donors (Lipinski definition) is 1.